The van der Waals surface area contributed by atoms with E-state index in [1.807, 2.05) is 0 Å². The minimum atomic E-state index is 0.230. The monoisotopic (exact) mass is 173 g/mol. The van der Waals surface area contributed by atoms with Gasteiger partial charge in [-0.2, -0.15) is 0 Å². The first-order chi connectivity index (χ1) is 5.88. The van der Waals surface area contributed by atoms with Crippen LogP contribution in [0.4, 0.5) is 0 Å². The summed E-state index contributed by atoms with van der Waals surface area (Å²) >= 11 is 0. The summed E-state index contributed by atoms with van der Waals surface area (Å²) in [5, 5.41) is 12.4. The van der Waals surface area contributed by atoms with Gasteiger partial charge in [0.1, 0.15) is 0 Å². The lowest BCUT2D eigenvalue weighted by molar-refractivity contribution is 0.154. The zero-order valence-corrected chi connectivity index (χ0v) is 7.75. The summed E-state index contributed by atoms with van der Waals surface area (Å²) in [6, 6.07) is 0.243. The third kappa shape index (κ3) is 2.73. The van der Waals surface area contributed by atoms with Gasteiger partial charge < -0.3 is 15.2 Å². The maximum Gasteiger partial charge on any atom is 0.0588 e. The Balaban J connectivity index is 2.22. The van der Waals surface area contributed by atoms with Crippen molar-refractivity contribution in [2.45, 2.75) is 25.8 Å². The largest absolute Gasteiger partial charge is 0.395 e. The van der Waals surface area contributed by atoms with E-state index in [4.69, 9.17) is 9.84 Å². The Morgan fingerprint density at radius 2 is 2.50 bits per heavy atom. The molecule has 0 aromatic carbocycles. The second-order valence-electron chi connectivity index (χ2n) is 3.37. The van der Waals surface area contributed by atoms with Crippen molar-refractivity contribution in [1.29, 1.82) is 0 Å². The smallest absolute Gasteiger partial charge is 0.0588 e. The van der Waals surface area contributed by atoms with Crippen LogP contribution < -0.4 is 5.32 Å². The van der Waals surface area contributed by atoms with Gasteiger partial charge in [-0.05, 0) is 19.4 Å². The summed E-state index contributed by atoms with van der Waals surface area (Å²) in [5.41, 5.74) is 0. The average molecular weight is 173 g/mol. The first kappa shape index (κ1) is 9.96. The fraction of sp³-hybridized carbons (Fsp3) is 1.00. The molecule has 0 spiro atoms. The SMILES string of the molecule is CCCNC(CO)C1CCOC1. The number of nitrogens with one attached hydrogen (secondary N) is 1. The molecule has 0 bridgehead atoms. The van der Waals surface area contributed by atoms with E-state index < -0.39 is 0 Å². The quantitative estimate of drug-likeness (QED) is 0.631. The minimum absolute atomic E-state index is 0.230. The summed E-state index contributed by atoms with van der Waals surface area (Å²) in [5.74, 6) is 0.515. The predicted octanol–water partition coefficient (Wildman–Crippen LogP) is 0.383. The Kier molecular flexibility index (Phi) is 4.58. The number of ether oxygens (including phenoxy) is 1. The van der Waals surface area contributed by atoms with Crippen LogP contribution in [0.2, 0.25) is 0 Å². The molecule has 3 nitrogen and oxygen atoms in total. The first-order valence-corrected chi connectivity index (χ1v) is 4.80. The Morgan fingerprint density at radius 3 is 3.00 bits per heavy atom. The third-order valence-corrected chi connectivity index (χ3v) is 2.39. The minimum Gasteiger partial charge on any atom is -0.395 e. The van der Waals surface area contributed by atoms with E-state index in [-0.39, 0.29) is 12.6 Å². The van der Waals surface area contributed by atoms with Crippen molar-refractivity contribution in [1.82, 2.24) is 5.32 Å². The fourth-order valence-electron chi connectivity index (χ4n) is 1.58. The predicted molar refractivity (Wildman–Crippen MR) is 48.1 cm³/mol. The van der Waals surface area contributed by atoms with Gasteiger partial charge in [-0.15, -0.1) is 0 Å². The normalized spacial score (nSPS) is 26.0. The van der Waals surface area contributed by atoms with Crippen molar-refractivity contribution in [3.8, 4) is 0 Å². The van der Waals surface area contributed by atoms with E-state index in [0.29, 0.717) is 5.92 Å². The molecule has 1 saturated heterocycles. The van der Waals surface area contributed by atoms with Gasteiger partial charge in [-0.1, -0.05) is 6.92 Å². The first-order valence-electron chi connectivity index (χ1n) is 4.80. The molecular formula is C9H19NO2. The molecule has 1 fully saturated rings. The van der Waals surface area contributed by atoms with E-state index in [1.54, 1.807) is 0 Å². The Hall–Kier alpha value is -0.120. The topological polar surface area (TPSA) is 41.5 Å². The molecule has 0 aromatic heterocycles. The van der Waals surface area contributed by atoms with Crippen molar-refractivity contribution >= 4 is 0 Å². The van der Waals surface area contributed by atoms with Gasteiger partial charge in [0.15, 0.2) is 0 Å². The highest BCUT2D eigenvalue weighted by molar-refractivity contribution is 4.78. The number of aliphatic hydroxyl groups excluding tert-OH is 1. The molecule has 2 unspecified atom stereocenters. The Bertz CT molecular complexity index is 113. The molecule has 3 heteroatoms. The lowest BCUT2D eigenvalue weighted by atomic mass is 10.00. The zero-order chi connectivity index (χ0) is 8.81. The second-order valence-corrected chi connectivity index (χ2v) is 3.37. The molecule has 1 aliphatic heterocycles. The van der Waals surface area contributed by atoms with Gasteiger partial charge in [-0.25, -0.2) is 0 Å². The van der Waals surface area contributed by atoms with Crippen LogP contribution in [0.15, 0.2) is 0 Å². The summed E-state index contributed by atoms with van der Waals surface area (Å²) < 4.78 is 5.27. The second kappa shape index (κ2) is 5.51. The van der Waals surface area contributed by atoms with Crippen LogP contribution >= 0.6 is 0 Å². The molecule has 0 aliphatic carbocycles. The molecule has 2 atom stereocenters. The Labute approximate surface area is 74.1 Å². The maximum absolute atomic E-state index is 9.10. The number of hydrogen-bond acceptors (Lipinski definition) is 3. The summed E-state index contributed by atoms with van der Waals surface area (Å²) in [4.78, 5) is 0. The van der Waals surface area contributed by atoms with E-state index in [9.17, 15) is 0 Å². The van der Waals surface area contributed by atoms with Gasteiger partial charge in [0, 0.05) is 18.6 Å². The number of rotatable bonds is 5. The zero-order valence-electron chi connectivity index (χ0n) is 7.75. The highest BCUT2D eigenvalue weighted by Crippen LogP contribution is 2.16. The van der Waals surface area contributed by atoms with Crippen LogP contribution in [0, 0.1) is 5.92 Å². The third-order valence-electron chi connectivity index (χ3n) is 2.39. The Morgan fingerprint density at radius 1 is 1.67 bits per heavy atom. The molecule has 72 valence electrons. The molecular weight excluding hydrogens is 154 g/mol. The molecule has 0 aromatic rings. The van der Waals surface area contributed by atoms with Gasteiger partial charge in [0.05, 0.1) is 13.2 Å². The molecule has 0 saturated carbocycles. The molecule has 1 rings (SSSR count). The molecule has 0 amide bonds. The van der Waals surface area contributed by atoms with Gasteiger partial charge in [0.25, 0.3) is 0 Å². The van der Waals surface area contributed by atoms with Crippen molar-refractivity contribution in [2.75, 3.05) is 26.4 Å². The van der Waals surface area contributed by atoms with Gasteiger partial charge in [0.2, 0.25) is 0 Å². The van der Waals surface area contributed by atoms with E-state index in [0.717, 1.165) is 32.6 Å². The standard InChI is InChI=1S/C9H19NO2/c1-2-4-10-9(6-11)8-3-5-12-7-8/h8-11H,2-7H2,1H3. The van der Waals surface area contributed by atoms with Crippen LogP contribution in [-0.4, -0.2) is 37.5 Å². The number of aliphatic hydroxyl groups is 1. The summed E-state index contributed by atoms with van der Waals surface area (Å²) in [7, 11) is 0. The van der Waals surface area contributed by atoms with Crippen LogP contribution in [0.1, 0.15) is 19.8 Å². The molecule has 1 aliphatic rings. The van der Waals surface area contributed by atoms with E-state index >= 15 is 0 Å². The van der Waals surface area contributed by atoms with Crippen molar-refractivity contribution in [3.05, 3.63) is 0 Å². The maximum atomic E-state index is 9.10. The summed E-state index contributed by atoms with van der Waals surface area (Å²) in [6.07, 6.45) is 2.20. The van der Waals surface area contributed by atoms with Crippen LogP contribution in [0.3, 0.4) is 0 Å². The van der Waals surface area contributed by atoms with Crippen LogP contribution in [0.25, 0.3) is 0 Å². The lowest BCUT2D eigenvalue weighted by Gasteiger charge is -2.20. The van der Waals surface area contributed by atoms with Crippen molar-refractivity contribution < 1.29 is 9.84 Å². The summed E-state index contributed by atoms with van der Waals surface area (Å²) in [6.45, 7) is 5.01. The molecule has 0 radical (unpaired) electrons. The number of hydrogen-bond donors (Lipinski definition) is 2. The molecule has 1 heterocycles. The van der Waals surface area contributed by atoms with Crippen LogP contribution in [-0.2, 0) is 4.74 Å². The lowest BCUT2D eigenvalue weighted by Crippen LogP contribution is -2.39. The highest BCUT2D eigenvalue weighted by Gasteiger charge is 2.24. The van der Waals surface area contributed by atoms with Gasteiger partial charge >= 0.3 is 0 Å². The van der Waals surface area contributed by atoms with E-state index in [2.05, 4.69) is 12.2 Å². The fourth-order valence-corrected chi connectivity index (χ4v) is 1.58. The average Bonchev–Trinajstić information content (AvgIpc) is 2.59. The van der Waals surface area contributed by atoms with Gasteiger partial charge in [-0.3, -0.25) is 0 Å². The van der Waals surface area contributed by atoms with Crippen molar-refractivity contribution in [3.63, 3.8) is 0 Å². The van der Waals surface area contributed by atoms with Crippen molar-refractivity contribution in [2.24, 2.45) is 5.92 Å². The van der Waals surface area contributed by atoms with E-state index in [1.165, 1.54) is 0 Å². The molecule has 2 N–H and O–H groups in total. The van der Waals surface area contributed by atoms with Crippen LogP contribution in [0.5, 0.6) is 0 Å². The highest BCUT2D eigenvalue weighted by atomic mass is 16.5. The molecule has 12 heavy (non-hydrogen) atoms.